The van der Waals surface area contributed by atoms with Crippen LogP contribution in [0.2, 0.25) is 0 Å². The summed E-state index contributed by atoms with van der Waals surface area (Å²) in [6, 6.07) is 0. The summed E-state index contributed by atoms with van der Waals surface area (Å²) in [6.45, 7) is 5.72. The SMILES string of the molecule is CCCNC(CO)(CN(C)CC1CCCCC1)C1CC1. The zero-order chi connectivity index (χ0) is 14.4. The molecule has 2 aliphatic rings. The van der Waals surface area contributed by atoms with Crippen molar-refractivity contribution in [2.24, 2.45) is 11.8 Å². The smallest absolute Gasteiger partial charge is 0.0628 e. The molecule has 2 aliphatic carbocycles. The molecule has 0 aromatic heterocycles. The third-order valence-electron chi connectivity index (χ3n) is 5.21. The van der Waals surface area contributed by atoms with Crippen LogP contribution in [0.1, 0.15) is 58.3 Å². The number of aliphatic hydroxyl groups is 1. The Hall–Kier alpha value is -0.120. The van der Waals surface area contributed by atoms with Crippen molar-refractivity contribution in [2.75, 3.05) is 33.3 Å². The molecule has 0 amide bonds. The van der Waals surface area contributed by atoms with Gasteiger partial charge in [-0.1, -0.05) is 26.2 Å². The van der Waals surface area contributed by atoms with Gasteiger partial charge in [0, 0.05) is 13.1 Å². The van der Waals surface area contributed by atoms with Crippen molar-refractivity contribution in [3.05, 3.63) is 0 Å². The second-order valence-electron chi connectivity index (χ2n) is 7.22. The van der Waals surface area contributed by atoms with E-state index in [1.807, 2.05) is 0 Å². The first-order chi connectivity index (χ1) is 9.70. The third-order valence-corrected chi connectivity index (χ3v) is 5.21. The van der Waals surface area contributed by atoms with Gasteiger partial charge in [-0.05, 0) is 57.5 Å². The monoisotopic (exact) mass is 282 g/mol. The standard InChI is InChI=1S/C17H34N2O/c1-3-11-18-17(14-20,16-9-10-16)13-19(2)12-15-7-5-4-6-8-15/h15-16,18,20H,3-14H2,1-2H3. The molecule has 0 aliphatic heterocycles. The maximum Gasteiger partial charge on any atom is 0.0628 e. The number of nitrogens with one attached hydrogen (secondary N) is 1. The molecule has 0 radical (unpaired) electrons. The van der Waals surface area contributed by atoms with Crippen molar-refractivity contribution in [2.45, 2.75) is 63.8 Å². The van der Waals surface area contributed by atoms with Gasteiger partial charge in [0.05, 0.1) is 12.1 Å². The van der Waals surface area contributed by atoms with Crippen LogP contribution < -0.4 is 5.32 Å². The highest BCUT2D eigenvalue weighted by molar-refractivity contribution is 5.02. The Morgan fingerprint density at radius 3 is 2.40 bits per heavy atom. The van der Waals surface area contributed by atoms with Crippen molar-refractivity contribution in [1.29, 1.82) is 0 Å². The highest BCUT2D eigenvalue weighted by Crippen LogP contribution is 2.40. The van der Waals surface area contributed by atoms with Gasteiger partial charge in [0.1, 0.15) is 0 Å². The molecule has 0 saturated heterocycles. The predicted octanol–water partition coefficient (Wildman–Crippen LogP) is 2.64. The Labute approximate surface area is 125 Å². The number of hydrogen-bond acceptors (Lipinski definition) is 3. The zero-order valence-corrected chi connectivity index (χ0v) is 13.5. The zero-order valence-electron chi connectivity index (χ0n) is 13.5. The molecule has 0 aromatic rings. The van der Waals surface area contributed by atoms with Gasteiger partial charge >= 0.3 is 0 Å². The van der Waals surface area contributed by atoms with E-state index in [2.05, 4.69) is 24.2 Å². The van der Waals surface area contributed by atoms with E-state index in [0.717, 1.165) is 25.4 Å². The van der Waals surface area contributed by atoms with Crippen LogP contribution in [0, 0.1) is 11.8 Å². The van der Waals surface area contributed by atoms with Crippen LogP contribution in [-0.4, -0.2) is 48.8 Å². The van der Waals surface area contributed by atoms with Crippen molar-refractivity contribution in [3.63, 3.8) is 0 Å². The fraction of sp³-hybridized carbons (Fsp3) is 1.00. The maximum absolute atomic E-state index is 9.98. The van der Waals surface area contributed by atoms with E-state index in [0.29, 0.717) is 5.92 Å². The molecule has 1 atom stereocenters. The lowest BCUT2D eigenvalue weighted by atomic mass is 9.88. The molecular weight excluding hydrogens is 248 g/mol. The fourth-order valence-corrected chi connectivity index (χ4v) is 3.93. The molecule has 2 rings (SSSR count). The van der Waals surface area contributed by atoms with E-state index in [1.165, 1.54) is 51.5 Å². The van der Waals surface area contributed by atoms with Crippen LogP contribution in [0.3, 0.4) is 0 Å². The van der Waals surface area contributed by atoms with Crippen molar-refractivity contribution in [1.82, 2.24) is 10.2 Å². The Bertz CT molecular complexity index is 274. The molecule has 0 heterocycles. The quantitative estimate of drug-likeness (QED) is 0.682. The lowest BCUT2D eigenvalue weighted by molar-refractivity contribution is 0.0912. The van der Waals surface area contributed by atoms with Gasteiger partial charge in [0.25, 0.3) is 0 Å². The molecule has 3 heteroatoms. The molecule has 20 heavy (non-hydrogen) atoms. The Balaban J connectivity index is 1.85. The summed E-state index contributed by atoms with van der Waals surface area (Å²) in [5, 5.41) is 13.7. The van der Waals surface area contributed by atoms with Gasteiger partial charge in [-0.3, -0.25) is 0 Å². The normalized spacial score (nSPS) is 24.0. The van der Waals surface area contributed by atoms with Gasteiger partial charge in [-0.2, -0.15) is 0 Å². The number of aliphatic hydroxyl groups excluding tert-OH is 1. The molecule has 0 spiro atoms. The second kappa shape index (κ2) is 7.77. The van der Waals surface area contributed by atoms with Crippen LogP contribution in [0.4, 0.5) is 0 Å². The second-order valence-corrected chi connectivity index (χ2v) is 7.22. The van der Waals surface area contributed by atoms with Gasteiger partial charge in [0.15, 0.2) is 0 Å². The number of nitrogens with zero attached hydrogens (tertiary/aromatic N) is 1. The first-order valence-electron chi connectivity index (χ1n) is 8.74. The fourth-order valence-electron chi connectivity index (χ4n) is 3.93. The van der Waals surface area contributed by atoms with E-state index in [4.69, 9.17) is 0 Å². The van der Waals surface area contributed by atoms with Gasteiger partial charge in [-0.15, -0.1) is 0 Å². The summed E-state index contributed by atoms with van der Waals surface area (Å²) in [6.07, 6.45) is 10.8. The lowest BCUT2D eigenvalue weighted by Gasteiger charge is -2.38. The average molecular weight is 282 g/mol. The van der Waals surface area contributed by atoms with E-state index < -0.39 is 0 Å². The van der Waals surface area contributed by atoms with E-state index >= 15 is 0 Å². The molecular formula is C17H34N2O. The maximum atomic E-state index is 9.98. The molecule has 3 nitrogen and oxygen atoms in total. The first-order valence-corrected chi connectivity index (χ1v) is 8.74. The third kappa shape index (κ3) is 4.44. The molecule has 2 saturated carbocycles. The van der Waals surface area contributed by atoms with Crippen molar-refractivity contribution in [3.8, 4) is 0 Å². The van der Waals surface area contributed by atoms with E-state index in [-0.39, 0.29) is 12.1 Å². The number of rotatable bonds is 9. The summed E-state index contributed by atoms with van der Waals surface area (Å²) >= 11 is 0. The van der Waals surface area contributed by atoms with Crippen molar-refractivity contribution >= 4 is 0 Å². The minimum absolute atomic E-state index is 0.0422. The Kier molecular flexibility index (Phi) is 6.31. The van der Waals surface area contributed by atoms with E-state index in [9.17, 15) is 5.11 Å². The average Bonchev–Trinajstić information content (AvgIpc) is 3.29. The van der Waals surface area contributed by atoms with E-state index in [1.54, 1.807) is 0 Å². The highest BCUT2D eigenvalue weighted by atomic mass is 16.3. The Morgan fingerprint density at radius 2 is 1.85 bits per heavy atom. The summed E-state index contributed by atoms with van der Waals surface area (Å²) in [7, 11) is 2.25. The predicted molar refractivity (Wildman–Crippen MR) is 84.9 cm³/mol. The molecule has 118 valence electrons. The highest BCUT2D eigenvalue weighted by Gasteiger charge is 2.45. The topological polar surface area (TPSA) is 35.5 Å². The van der Waals surface area contributed by atoms with Crippen LogP contribution in [0.5, 0.6) is 0 Å². The van der Waals surface area contributed by atoms with Crippen LogP contribution >= 0.6 is 0 Å². The van der Waals surface area contributed by atoms with Gasteiger partial charge in [0.2, 0.25) is 0 Å². The number of likely N-dealkylation sites (N-methyl/N-ethyl adjacent to an activating group) is 1. The summed E-state index contributed by atoms with van der Waals surface area (Å²) in [4.78, 5) is 2.48. The molecule has 2 fully saturated rings. The summed E-state index contributed by atoms with van der Waals surface area (Å²) in [5.74, 6) is 1.57. The molecule has 2 N–H and O–H groups in total. The molecule has 0 bridgehead atoms. The minimum Gasteiger partial charge on any atom is -0.394 e. The van der Waals surface area contributed by atoms with Crippen molar-refractivity contribution < 1.29 is 5.11 Å². The van der Waals surface area contributed by atoms with Crippen LogP contribution in [0.15, 0.2) is 0 Å². The first kappa shape index (κ1) is 16.3. The minimum atomic E-state index is -0.0422. The van der Waals surface area contributed by atoms with Crippen LogP contribution in [0.25, 0.3) is 0 Å². The Morgan fingerprint density at radius 1 is 1.15 bits per heavy atom. The molecule has 0 aromatic carbocycles. The number of hydrogen-bond donors (Lipinski definition) is 2. The molecule has 1 unspecified atom stereocenters. The lowest BCUT2D eigenvalue weighted by Crippen LogP contribution is -2.58. The van der Waals surface area contributed by atoms with Gasteiger partial charge in [-0.25, -0.2) is 0 Å². The largest absolute Gasteiger partial charge is 0.394 e. The summed E-state index contributed by atoms with van der Waals surface area (Å²) in [5.41, 5.74) is -0.0422. The summed E-state index contributed by atoms with van der Waals surface area (Å²) < 4.78 is 0. The van der Waals surface area contributed by atoms with Crippen LogP contribution in [-0.2, 0) is 0 Å². The van der Waals surface area contributed by atoms with Gasteiger partial charge < -0.3 is 15.3 Å².